The summed E-state index contributed by atoms with van der Waals surface area (Å²) < 4.78 is 6.69. The maximum Gasteiger partial charge on any atom is 0.123 e. The average Bonchev–Trinajstić information content (AvgIpc) is 2.74. The molecule has 1 aromatic carbocycles. The molecule has 0 N–H and O–H groups in total. The summed E-state index contributed by atoms with van der Waals surface area (Å²) in [5.74, 6) is 1.48. The summed E-state index contributed by atoms with van der Waals surface area (Å²) in [6.45, 7) is 7.03. The Hall–Kier alpha value is -0.990. The quantitative estimate of drug-likeness (QED) is 0.727. The molecular weight excluding hydrogens is 264 g/mol. The van der Waals surface area contributed by atoms with Crippen molar-refractivity contribution >= 4 is 22.9 Å². The molecule has 0 aliphatic rings. The Morgan fingerprint density at radius 3 is 2.61 bits per heavy atom. The van der Waals surface area contributed by atoms with Gasteiger partial charge in [0, 0.05) is 4.88 Å². The second kappa shape index (κ2) is 5.77. The Balaban J connectivity index is 2.10. The summed E-state index contributed by atoms with van der Waals surface area (Å²) in [6, 6.07) is 10.3. The van der Waals surface area contributed by atoms with Crippen LogP contribution in [0.5, 0.6) is 5.75 Å². The molecule has 1 heterocycles. The Morgan fingerprint density at radius 2 is 2.00 bits per heavy atom. The number of benzene rings is 1. The standard InChI is InChI=1S/C15H17ClOS/c1-10(2)12-5-4-11(3)14(8-12)17-9-13-6-7-15(16)18-13/h4-8,10H,9H2,1-3H3. The lowest BCUT2D eigenvalue weighted by atomic mass is 10.0. The maximum atomic E-state index is 5.90. The topological polar surface area (TPSA) is 9.23 Å². The molecule has 0 amide bonds. The van der Waals surface area contributed by atoms with Gasteiger partial charge in [-0.3, -0.25) is 0 Å². The maximum absolute atomic E-state index is 5.90. The van der Waals surface area contributed by atoms with Gasteiger partial charge in [0.2, 0.25) is 0 Å². The molecule has 0 atom stereocenters. The number of aryl methyl sites for hydroxylation is 1. The van der Waals surface area contributed by atoms with Crippen LogP contribution in [0.25, 0.3) is 0 Å². The molecule has 0 aliphatic heterocycles. The second-order valence-electron chi connectivity index (χ2n) is 4.67. The van der Waals surface area contributed by atoms with E-state index < -0.39 is 0 Å². The van der Waals surface area contributed by atoms with Crippen molar-refractivity contribution in [1.29, 1.82) is 0 Å². The highest BCUT2D eigenvalue weighted by atomic mass is 35.5. The molecule has 0 spiro atoms. The molecule has 2 rings (SSSR count). The first kappa shape index (κ1) is 13.4. The van der Waals surface area contributed by atoms with E-state index in [4.69, 9.17) is 16.3 Å². The minimum Gasteiger partial charge on any atom is -0.488 e. The Labute approximate surface area is 117 Å². The van der Waals surface area contributed by atoms with Crippen LogP contribution in [-0.4, -0.2) is 0 Å². The number of ether oxygens (including phenoxy) is 1. The lowest BCUT2D eigenvalue weighted by Crippen LogP contribution is -1.97. The molecular formula is C15H17ClOS. The van der Waals surface area contributed by atoms with Gasteiger partial charge in [-0.25, -0.2) is 0 Å². The monoisotopic (exact) mass is 280 g/mol. The molecule has 2 aromatic rings. The Bertz CT molecular complexity index is 531. The third-order valence-electron chi connectivity index (χ3n) is 2.88. The van der Waals surface area contributed by atoms with Gasteiger partial charge in [0.15, 0.2) is 0 Å². The molecule has 0 unspecified atom stereocenters. The number of halogens is 1. The van der Waals surface area contributed by atoms with Gasteiger partial charge < -0.3 is 4.74 Å². The summed E-state index contributed by atoms with van der Waals surface area (Å²) in [5.41, 5.74) is 2.47. The van der Waals surface area contributed by atoms with Gasteiger partial charge in [0.05, 0.1) is 4.34 Å². The van der Waals surface area contributed by atoms with Crippen molar-refractivity contribution in [2.24, 2.45) is 0 Å². The minimum absolute atomic E-state index is 0.518. The van der Waals surface area contributed by atoms with Crippen LogP contribution < -0.4 is 4.74 Å². The van der Waals surface area contributed by atoms with E-state index >= 15 is 0 Å². The molecule has 0 radical (unpaired) electrons. The van der Waals surface area contributed by atoms with Gasteiger partial charge in [-0.05, 0) is 42.2 Å². The molecule has 0 saturated heterocycles. The number of hydrogen-bond donors (Lipinski definition) is 0. The van der Waals surface area contributed by atoms with E-state index in [2.05, 4.69) is 39.0 Å². The van der Waals surface area contributed by atoms with E-state index in [1.54, 1.807) is 11.3 Å². The molecule has 0 bridgehead atoms. The Kier molecular flexibility index (Phi) is 4.31. The predicted octanol–water partition coefficient (Wildman–Crippen LogP) is 5.41. The summed E-state index contributed by atoms with van der Waals surface area (Å²) in [7, 11) is 0. The van der Waals surface area contributed by atoms with Crippen molar-refractivity contribution in [2.45, 2.75) is 33.3 Å². The smallest absolute Gasteiger partial charge is 0.123 e. The van der Waals surface area contributed by atoms with Crippen molar-refractivity contribution in [3.63, 3.8) is 0 Å². The van der Waals surface area contributed by atoms with E-state index in [1.165, 1.54) is 11.1 Å². The van der Waals surface area contributed by atoms with Crippen LogP contribution >= 0.6 is 22.9 Å². The molecule has 3 heteroatoms. The largest absolute Gasteiger partial charge is 0.488 e. The van der Waals surface area contributed by atoms with Crippen molar-refractivity contribution in [2.75, 3.05) is 0 Å². The van der Waals surface area contributed by atoms with Gasteiger partial charge in [-0.1, -0.05) is 37.6 Å². The second-order valence-corrected chi connectivity index (χ2v) is 6.47. The average molecular weight is 281 g/mol. The van der Waals surface area contributed by atoms with Gasteiger partial charge >= 0.3 is 0 Å². The summed E-state index contributed by atoms with van der Waals surface area (Å²) in [4.78, 5) is 1.15. The first-order valence-corrected chi connectivity index (χ1v) is 7.23. The Morgan fingerprint density at radius 1 is 1.22 bits per heavy atom. The third kappa shape index (κ3) is 3.27. The van der Waals surface area contributed by atoms with Gasteiger partial charge in [-0.2, -0.15) is 0 Å². The van der Waals surface area contributed by atoms with E-state index in [0.717, 1.165) is 15.0 Å². The number of thiophene rings is 1. The highest BCUT2D eigenvalue weighted by Crippen LogP contribution is 2.27. The predicted molar refractivity (Wildman–Crippen MR) is 78.9 cm³/mol. The van der Waals surface area contributed by atoms with Crippen LogP contribution in [0.1, 0.15) is 35.8 Å². The third-order valence-corrected chi connectivity index (χ3v) is 4.08. The first-order valence-electron chi connectivity index (χ1n) is 6.04. The van der Waals surface area contributed by atoms with E-state index in [-0.39, 0.29) is 0 Å². The first-order chi connectivity index (χ1) is 8.56. The zero-order chi connectivity index (χ0) is 13.1. The molecule has 0 saturated carbocycles. The van der Waals surface area contributed by atoms with Crippen LogP contribution in [0.3, 0.4) is 0 Å². The summed E-state index contributed by atoms with van der Waals surface area (Å²) in [6.07, 6.45) is 0. The van der Waals surface area contributed by atoms with Crippen LogP contribution in [0.2, 0.25) is 4.34 Å². The summed E-state index contributed by atoms with van der Waals surface area (Å²) >= 11 is 7.47. The normalized spacial score (nSPS) is 10.9. The molecule has 0 fully saturated rings. The van der Waals surface area contributed by atoms with Crippen LogP contribution in [-0.2, 0) is 6.61 Å². The fourth-order valence-electron chi connectivity index (χ4n) is 1.71. The van der Waals surface area contributed by atoms with Gasteiger partial charge in [0.1, 0.15) is 12.4 Å². The highest BCUT2D eigenvalue weighted by Gasteiger charge is 2.06. The van der Waals surface area contributed by atoms with Crippen molar-refractivity contribution in [3.05, 3.63) is 50.7 Å². The lowest BCUT2D eigenvalue weighted by molar-refractivity contribution is 0.307. The molecule has 1 nitrogen and oxygen atoms in total. The fourth-order valence-corrected chi connectivity index (χ4v) is 2.71. The molecule has 1 aromatic heterocycles. The van der Waals surface area contributed by atoms with Crippen molar-refractivity contribution < 1.29 is 4.74 Å². The van der Waals surface area contributed by atoms with E-state index in [1.807, 2.05) is 12.1 Å². The van der Waals surface area contributed by atoms with Crippen LogP contribution in [0.15, 0.2) is 30.3 Å². The number of hydrogen-bond acceptors (Lipinski definition) is 2. The minimum atomic E-state index is 0.518. The molecule has 0 aliphatic carbocycles. The highest BCUT2D eigenvalue weighted by molar-refractivity contribution is 7.16. The summed E-state index contributed by atoms with van der Waals surface area (Å²) in [5, 5.41) is 0. The molecule has 18 heavy (non-hydrogen) atoms. The SMILES string of the molecule is Cc1ccc(C(C)C)cc1OCc1ccc(Cl)s1. The van der Waals surface area contributed by atoms with Crippen molar-refractivity contribution in [1.82, 2.24) is 0 Å². The van der Waals surface area contributed by atoms with Gasteiger partial charge in [-0.15, -0.1) is 11.3 Å². The van der Waals surface area contributed by atoms with Gasteiger partial charge in [0.25, 0.3) is 0 Å². The number of rotatable bonds is 4. The van der Waals surface area contributed by atoms with E-state index in [0.29, 0.717) is 12.5 Å². The van der Waals surface area contributed by atoms with E-state index in [9.17, 15) is 0 Å². The fraction of sp³-hybridized carbons (Fsp3) is 0.333. The molecule has 96 valence electrons. The zero-order valence-electron chi connectivity index (χ0n) is 10.9. The van der Waals surface area contributed by atoms with Crippen LogP contribution in [0, 0.1) is 6.92 Å². The van der Waals surface area contributed by atoms with Crippen LogP contribution in [0.4, 0.5) is 0 Å². The lowest BCUT2D eigenvalue weighted by Gasteiger charge is -2.12. The van der Waals surface area contributed by atoms with Crippen molar-refractivity contribution in [3.8, 4) is 5.75 Å². The zero-order valence-corrected chi connectivity index (χ0v) is 12.4.